The zero-order chi connectivity index (χ0) is 8.97. The molecule has 0 saturated heterocycles. The first kappa shape index (κ1) is 9.32. The molecule has 0 spiro atoms. The third-order valence-corrected chi connectivity index (χ3v) is 1.84. The molecule has 3 nitrogen and oxygen atoms in total. The fraction of sp³-hybridized carbons (Fsp3) is 0.375. The first-order valence-corrected chi connectivity index (χ1v) is 4.57. The summed E-state index contributed by atoms with van der Waals surface area (Å²) in [6.45, 7) is 2.72. The van der Waals surface area contributed by atoms with Gasteiger partial charge in [-0.15, -0.1) is 0 Å². The summed E-state index contributed by atoms with van der Waals surface area (Å²) in [5, 5.41) is 0. The fourth-order valence-corrected chi connectivity index (χ4v) is 1.23. The molecule has 0 unspecified atom stereocenters. The van der Waals surface area contributed by atoms with E-state index in [4.69, 9.17) is 10.5 Å². The molecular weight excluding hydrogens is 220 g/mol. The largest absolute Gasteiger partial charge is 0.477 e. The minimum atomic E-state index is 0.603. The van der Waals surface area contributed by atoms with Crippen molar-refractivity contribution >= 4 is 21.6 Å². The highest BCUT2D eigenvalue weighted by Gasteiger charge is 2.01. The Kier molecular flexibility index (Phi) is 3.34. The van der Waals surface area contributed by atoms with Crippen molar-refractivity contribution in [2.24, 2.45) is 0 Å². The summed E-state index contributed by atoms with van der Waals surface area (Å²) < 4.78 is 6.13. The SMILES string of the molecule is CCCOc1ncc(N)cc1Br. The van der Waals surface area contributed by atoms with Crippen LogP contribution in [0.5, 0.6) is 5.88 Å². The van der Waals surface area contributed by atoms with Gasteiger partial charge in [0, 0.05) is 0 Å². The van der Waals surface area contributed by atoms with Gasteiger partial charge in [-0.05, 0) is 28.4 Å². The topological polar surface area (TPSA) is 48.1 Å². The molecule has 66 valence electrons. The lowest BCUT2D eigenvalue weighted by Crippen LogP contribution is -1.98. The van der Waals surface area contributed by atoms with Gasteiger partial charge in [-0.3, -0.25) is 0 Å². The molecule has 1 heterocycles. The van der Waals surface area contributed by atoms with Crippen LogP contribution in [0.1, 0.15) is 13.3 Å². The Balaban J connectivity index is 2.72. The van der Waals surface area contributed by atoms with Gasteiger partial charge in [0.2, 0.25) is 5.88 Å². The third kappa shape index (κ3) is 2.37. The van der Waals surface area contributed by atoms with Gasteiger partial charge in [-0.25, -0.2) is 4.98 Å². The number of anilines is 1. The van der Waals surface area contributed by atoms with Gasteiger partial charge in [0.15, 0.2) is 0 Å². The lowest BCUT2D eigenvalue weighted by atomic mass is 10.4. The highest BCUT2D eigenvalue weighted by Crippen LogP contribution is 2.23. The molecule has 0 amide bonds. The minimum absolute atomic E-state index is 0.603. The van der Waals surface area contributed by atoms with Crippen LogP contribution in [0.4, 0.5) is 5.69 Å². The Bertz CT molecular complexity index is 265. The summed E-state index contributed by atoms with van der Waals surface area (Å²) in [5.74, 6) is 0.603. The molecule has 0 bridgehead atoms. The maximum Gasteiger partial charge on any atom is 0.228 e. The van der Waals surface area contributed by atoms with E-state index in [9.17, 15) is 0 Å². The van der Waals surface area contributed by atoms with Crippen molar-refractivity contribution in [3.63, 3.8) is 0 Å². The van der Waals surface area contributed by atoms with Gasteiger partial charge in [0.1, 0.15) is 0 Å². The molecule has 0 saturated carbocycles. The Morgan fingerprint density at radius 3 is 3.00 bits per heavy atom. The first-order chi connectivity index (χ1) is 5.74. The number of nitrogens with zero attached hydrogens (tertiary/aromatic N) is 1. The van der Waals surface area contributed by atoms with Gasteiger partial charge in [0.25, 0.3) is 0 Å². The average Bonchev–Trinajstić information content (AvgIpc) is 2.03. The van der Waals surface area contributed by atoms with Crippen molar-refractivity contribution in [3.05, 3.63) is 16.7 Å². The summed E-state index contributed by atoms with van der Waals surface area (Å²) in [7, 11) is 0. The maximum atomic E-state index is 5.51. The molecule has 2 N–H and O–H groups in total. The number of hydrogen-bond acceptors (Lipinski definition) is 3. The predicted molar refractivity (Wildman–Crippen MR) is 52.1 cm³/mol. The van der Waals surface area contributed by atoms with Gasteiger partial charge in [0.05, 0.1) is 23.0 Å². The molecule has 1 aromatic rings. The Morgan fingerprint density at radius 1 is 1.67 bits per heavy atom. The van der Waals surface area contributed by atoms with Crippen LogP contribution >= 0.6 is 15.9 Å². The monoisotopic (exact) mass is 230 g/mol. The van der Waals surface area contributed by atoms with Crippen molar-refractivity contribution in [2.45, 2.75) is 13.3 Å². The standard InChI is InChI=1S/C8H11BrN2O/c1-2-3-12-8-7(9)4-6(10)5-11-8/h4-5H,2-3,10H2,1H3. The van der Waals surface area contributed by atoms with Gasteiger partial charge < -0.3 is 10.5 Å². The van der Waals surface area contributed by atoms with E-state index in [1.807, 2.05) is 6.92 Å². The van der Waals surface area contributed by atoms with Crippen molar-refractivity contribution < 1.29 is 4.74 Å². The van der Waals surface area contributed by atoms with Crippen LogP contribution in [0.15, 0.2) is 16.7 Å². The first-order valence-electron chi connectivity index (χ1n) is 3.78. The number of rotatable bonds is 3. The minimum Gasteiger partial charge on any atom is -0.477 e. The van der Waals surface area contributed by atoms with Crippen LogP contribution < -0.4 is 10.5 Å². The molecule has 0 radical (unpaired) electrons. The molecule has 0 fully saturated rings. The van der Waals surface area contributed by atoms with Crippen LogP contribution in [0.3, 0.4) is 0 Å². The molecule has 0 aliphatic rings. The summed E-state index contributed by atoms with van der Waals surface area (Å²) in [5.41, 5.74) is 6.14. The van der Waals surface area contributed by atoms with E-state index in [0.29, 0.717) is 18.2 Å². The number of halogens is 1. The zero-order valence-electron chi connectivity index (χ0n) is 6.88. The maximum absolute atomic E-state index is 5.51. The zero-order valence-corrected chi connectivity index (χ0v) is 8.47. The summed E-state index contributed by atoms with van der Waals surface area (Å²) in [6, 6.07) is 1.78. The summed E-state index contributed by atoms with van der Waals surface area (Å²) >= 11 is 3.31. The second-order valence-corrected chi connectivity index (χ2v) is 3.26. The Hall–Kier alpha value is -0.770. The van der Waals surface area contributed by atoms with E-state index in [-0.39, 0.29) is 0 Å². The molecule has 4 heteroatoms. The predicted octanol–water partition coefficient (Wildman–Crippen LogP) is 2.22. The van der Waals surface area contributed by atoms with E-state index >= 15 is 0 Å². The molecule has 1 rings (SSSR count). The van der Waals surface area contributed by atoms with Crippen LogP contribution in [-0.2, 0) is 0 Å². The van der Waals surface area contributed by atoms with Crippen molar-refractivity contribution in [1.29, 1.82) is 0 Å². The molecular formula is C8H11BrN2O. The highest BCUT2D eigenvalue weighted by atomic mass is 79.9. The Labute approximate surface area is 80.1 Å². The molecule has 12 heavy (non-hydrogen) atoms. The van der Waals surface area contributed by atoms with E-state index in [0.717, 1.165) is 10.9 Å². The molecule has 0 aromatic carbocycles. The molecule has 1 aromatic heterocycles. The van der Waals surface area contributed by atoms with E-state index < -0.39 is 0 Å². The second-order valence-electron chi connectivity index (χ2n) is 2.40. The van der Waals surface area contributed by atoms with Crippen LogP contribution in [-0.4, -0.2) is 11.6 Å². The smallest absolute Gasteiger partial charge is 0.228 e. The van der Waals surface area contributed by atoms with E-state index in [1.54, 1.807) is 12.3 Å². The number of pyridine rings is 1. The number of ether oxygens (including phenoxy) is 1. The quantitative estimate of drug-likeness (QED) is 0.867. The lowest BCUT2D eigenvalue weighted by molar-refractivity contribution is 0.303. The van der Waals surface area contributed by atoms with Crippen molar-refractivity contribution in [2.75, 3.05) is 12.3 Å². The lowest BCUT2D eigenvalue weighted by Gasteiger charge is -2.05. The van der Waals surface area contributed by atoms with Gasteiger partial charge in [-0.1, -0.05) is 6.92 Å². The van der Waals surface area contributed by atoms with Crippen LogP contribution in [0.2, 0.25) is 0 Å². The number of hydrogen-bond donors (Lipinski definition) is 1. The molecule has 0 atom stereocenters. The van der Waals surface area contributed by atoms with E-state index in [2.05, 4.69) is 20.9 Å². The second kappa shape index (κ2) is 4.30. The number of nitrogen functional groups attached to an aromatic ring is 1. The fourth-order valence-electron chi connectivity index (χ4n) is 0.745. The van der Waals surface area contributed by atoms with Crippen LogP contribution in [0.25, 0.3) is 0 Å². The Morgan fingerprint density at radius 2 is 2.42 bits per heavy atom. The summed E-state index contributed by atoms with van der Waals surface area (Å²) in [6.07, 6.45) is 2.55. The van der Waals surface area contributed by atoms with E-state index in [1.165, 1.54) is 0 Å². The normalized spacial score (nSPS) is 9.83. The number of aromatic nitrogens is 1. The average molecular weight is 231 g/mol. The number of nitrogens with two attached hydrogens (primary N) is 1. The van der Waals surface area contributed by atoms with Crippen LogP contribution in [0, 0.1) is 0 Å². The highest BCUT2D eigenvalue weighted by molar-refractivity contribution is 9.10. The van der Waals surface area contributed by atoms with Crippen molar-refractivity contribution in [1.82, 2.24) is 4.98 Å². The summed E-state index contributed by atoms with van der Waals surface area (Å²) in [4.78, 5) is 4.02. The van der Waals surface area contributed by atoms with Gasteiger partial charge >= 0.3 is 0 Å². The van der Waals surface area contributed by atoms with Crippen molar-refractivity contribution in [3.8, 4) is 5.88 Å². The third-order valence-electron chi connectivity index (χ3n) is 1.27. The van der Waals surface area contributed by atoms with Gasteiger partial charge in [-0.2, -0.15) is 0 Å². The molecule has 0 aliphatic carbocycles. The molecule has 0 aliphatic heterocycles.